The van der Waals surface area contributed by atoms with Crippen molar-refractivity contribution in [2.75, 3.05) is 0 Å². The molecule has 0 fully saturated rings. The Balaban J connectivity index is 7.55. The van der Waals surface area contributed by atoms with Crippen molar-refractivity contribution in [3.63, 3.8) is 0 Å². The summed E-state index contributed by atoms with van der Waals surface area (Å²) in [7, 11) is 0. The highest BCUT2D eigenvalue weighted by Crippen LogP contribution is 2.69. The molecule has 0 saturated heterocycles. The monoisotopic (exact) mass is 752 g/mol. The van der Waals surface area contributed by atoms with E-state index < -0.39 is 77.0 Å². The molecule has 1 unspecified atom stereocenters. The number of hydrogen-bond donors (Lipinski definition) is 0. The minimum Gasteiger partial charge on any atom is -0.226 e. The second-order valence-electron chi connectivity index (χ2n) is 7.32. The van der Waals surface area contributed by atoms with Gasteiger partial charge >= 0.3 is 77.0 Å². The molecule has 248 valence electrons. The van der Waals surface area contributed by atoms with Crippen LogP contribution in [0.2, 0.25) is 0 Å². The lowest BCUT2D eigenvalue weighted by molar-refractivity contribution is -0.477. The molecule has 0 aliphatic heterocycles. The van der Waals surface area contributed by atoms with E-state index in [0.717, 1.165) is 0 Å². The van der Waals surface area contributed by atoms with Gasteiger partial charge in [0, 0.05) is 0 Å². The summed E-state index contributed by atoms with van der Waals surface area (Å²) in [5.41, 5.74) is 0. The van der Waals surface area contributed by atoms with E-state index in [2.05, 4.69) is 33.2 Å². The van der Waals surface area contributed by atoms with Gasteiger partial charge < -0.3 is 0 Å². The zero-order valence-corrected chi connectivity index (χ0v) is 20.4. The zero-order valence-electron chi connectivity index (χ0n) is 17.1. The van der Waals surface area contributed by atoms with Gasteiger partial charge in [0.05, 0.1) is 0 Å². The molecule has 0 rings (SSSR count). The van der Waals surface area contributed by atoms with Gasteiger partial charge in [0.1, 0.15) is 0 Å². The molecule has 1 atom stereocenters. The average Bonchev–Trinajstić information content (AvgIpc) is 2.69. The van der Waals surface area contributed by atoms with Gasteiger partial charge in [-0.1, -0.05) is 0 Å². The van der Waals surface area contributed by atoms with Crippen LogP contribution in [0.15, 0.2) is 0 Å². The summed E-state index contributed by atoms with van der Waals surface area (Å²) in [6, 6.07) is -7.53. The number of alkyl halides is 25. The van der Waals surface area contributed by atoms with Crippen LogP contribution in [-0.4, -0.2) is 77.0 Å². The Morgan fingerprint density at radius 3 is 0.561 bits per heavy atom. The Labute approximate surface area is 220 Å². The fourth-order valence-corrected chi connectivity index (χ4v) is 5.16. The van der Waals surface area contributed by atoms with Crippen LogP contribution < -0.4 is 0 Å². The van der Waals surface area contributed by atoms with Crippen molar-refractivity contribution in [1.82, 2.24) is 0 Å². The molecule has 0 N–H and O–H groups in total. The van der Waals surface area contributed by atoms with Crippen molar-refractivity contribution >= 4 is 39.2 Å². The normalized spacial score (nSPS) is 18.4. The molecule has 0 aromatic carbocycles. The summed E-state index contributed by atoms with van der Waals surface area (Å²) in [5, 5.41) is -7.80. The van der Waals surface area contributed by atoms with Crippen molar-refractivity contribution in [3.8, 4) is 0 Å². The minimum atomic E-state index is -9.63. The molecule has 29 heteroatoms. The topological polar surface area (TPSA) is 0 Å². The summed E-state index contributed by atoms with van der Waals surface area (Å²) < 4.78 is 331. The van der Waals surface area contributed by atoms with E-state index in [9.17, 15) is 110 Å². The Bertz CT molecular complexity index is 956. The summed E-state index contributed by atoms with van der Waals surface area (Å²) in [4.78, 5) is 0. The standard InChI is InChI=1S/C12Cl3F25Si/c13-41(14,15)10(34,12(38,39)40)8(30,31)6(26,27)4(22,23)2(18,19)1(16,17)3(20,21)5(24,25)7(28,29)9(32,33)11(35,36)37. The van der Waals surface area contributed by atoms with Crippen molar-refractivity contribution in [2.45, 2.75) is 70.9 Å². The first-order valence-electron chi connectivity index (χ1n) is 8.29. The first-order chi connectivity index (χ1) is 17.0. The third kappa shape index (κ3) is 4.76. The number of halogens is 28. The zero-order chi connectivity index (χ0) is 34.5. The predicted octanol–water partition coefficient (Wildman–Crippen LogP) is 9.73. The molecule has 41 heavy (non-hydrogen) atoms. The minimum absolute atomic E-state index is 4.15. The van der Waals surface area contributed by atoms with E-state index in [4.69, 9.17) is 0 Å². The molecular weight excluding hydrogens is 754 g/mol. The van der Waals surface area contributed by atoms with Crippen LogP contribution >= 0.6 is 33.2 Å². The second-order valence-corrected chi connectivity index (χ2v) is 15.8. The smallest absolute Gasteiger partial charge is 0.226 e. The fraction of sp³-hybridized carbons (Fsp3) is 1.00. The molecule has 0 saturated carbocycles. The van der Waals surface area contributed by atoms with Crippen LogP contribution in [0.25, 0.3) is 0 Å². The lowest BCUT2D eigenvalue weighted by atomic mass is 9.85. The van der Waals surface area contributed by atoms with E-state index in [-0.39, 0.29) is 0 Å². The Morgan fingerprint density at radius 2 is 0.415 bits per heavy atom. The molecule has 0 radical (unpaired) electrons. The number of rotatable bonds is 10. The van der Waals surface area contributed by atoms with Gasteiger partial charge in [-0.25, -0.2) is 4.39 Å². The van der Waals surface area contributed by atoms with Gasteiger partial charge in [0.15, 0.2) is 0 Å². The highest BCUT2D eigenvalue weighted by Gasteiger charge is 3.00. The van der Waals surface area contributed by atoms with Crippen LogP contribution in [0, 0.1) is 0 Å². The molecule has 0 aliphatic rings. The van der Waals surface area contributed by atoms with Crippen molar-refractivity contribution in [2.24, 2.45) is 0 Å². The quantitative estimate of drug-likeness (QED) is 0.119. The predicted molar refractivity (Wildman–Crippen MR) is 83.8 cm³/mol. The average molecular weight is 754 g/mol. The van der Waals surface area contributed by atoms with Crippen LogP contribution in [0.4, 0.5) is 110 Å². The van der Waals surface area contributed by atoms with Crippen LogP contribution in [0.1, 0.15) is 0 Å². The Kier molecular flexibility index (Phi) is 9.51. The van der Waals surface area contributed by atoms with Crippen LogP contribution in [0.5, 0.6) is 0 Å². The van der Waals surface area contributed by atoms with E-state index in [1.165, 1.54) is 0 Å². The Hall–Kier alpha value is -0.663. The van der Waals surface area contributed by atoms with Gasteiger partial charge in [-0.3, -0.25) is 0 Å². The van der Waals surface area contributed by atoms with Gasteiger partial charge in [-0.05, 0) is 0 Å². The highest BCUT2D eigenvalue weighted by molar-refractivity contribution is 7.65. The molecule has 0 aromatic rings. The third-order valence-electron chi connectivity index (χ3n) is 4.72. The Morgan fingerprint density at radius 1 is 0.244 bits per heavy atom. The SMILES string of the molecule is FC(F)(F)C(F)(F)C(F)(F)C(F)(F)C(F)(F)C(F)(F)C(F)(F)C(F)(F)C(F)(F)C(F)(F)C(F)(C(F)(F)F)[Si](Cl)(Cl)Cl. The largest absolute Gasteiger partial charge is 0.460 e. The first-order valence-corrected chi connectivity index (χ1v) is 13.3. The van der Waals surface area contributed by atoms with Crippen molar-refractivity contribution in [1.29, 1.82) is 0 Å². The van der Waals surface area contributed by atoms with Gasteiger partial charge in [-0.2, -0.15) is 105 Å². The molecule has 0 aromatic heterocycles. The van der Waals surface area contributed by atoms with Crippen LogP contribution in [0.3, 0.4) is 0 Å². The second kappa shape index (κ2) is 9.67. The van der Waals surface area contributed by atoms with Gasteiger partial charge in [0.2, 0.25) is 0 Å². The molecule has 0 spiro atoms. The third-order valence-corrected chi connectivity index (χ3v) is 8.45. The van der Waals surface area contributed by atoms with Crippen molar-refractivity contribution < 1.29 is 110 Å². The van der Waals surface area contributed by atoms with E-state index in [1.807, 2.05) is 0 Å². The lowest BCUT2D eigenvalue weighted by Crippen LogP contribution is -2.80. The fourth-order valence-electron chi connectivity index (χ4n) is 2.29. The van der Waals surface area contributed by atoms with Crippen LogP contribution in [-0.2, 0) is 0 Å². The van der Waals surface area contributed by atoms with Crippen molar-refractivity contribution in [3.05, 3.63) is 0 Å². The van der Waals surface area contributed by atoms with Gasteiger partial charge in [-0.15, -0.1) is 33.2 Å². The maximum Gasteiger partial charge on any atom is 0.460 e. The maximum atomic E-state index is 14.1. The molecule has 0 heterocycles. The number of hydrogen-bond acceptors (Lipinski definition) is 0. The molecule has 0 nitrogen and oxygen atoms in total. The summed E-state index contributed by atoms with van der Waals surface area (Å²) in [6.07, 6.45) is -16.1. The summed E-state index contributed by atoms with van der Waals surface area (Å²) in [6.45, 7) is 0. The lowest BCUT2D eigenvalue weighted by Gasteiger charge is -2.47. The highest BCUT2D eigenvalue weighted by atomic mass is 35.8. The summed E-state index contributed by atoms with van der Waals surface area (Å²) in [5.74, 6) is -83.6. The molecule has 0 bridgehead atoms. The maximum absolute atomic E-state index is 14.1. The van der Waals surface area contributed by atoms with E-state index in [0.29, 0.717) is 0 Å². The summed E-state index contributed by atoms with van der Waals surface area (Å²) >= 11 is 12.4. The van der Waals surface area contributed by atoms with E-state index in [1.54, 1.807) is 0 Å². The van der Waals surface area contributed by atoms with Gasteiger partial charge in [0.25, 0.3) is 0 Å². The first kappa shape index (κ1) is 40.3. The van der Waals surface area contributed by atoms with E-state index >= 15 is 0 Å². The molecule has 0 amide bonds. The molecule has 0 aliphatic carbocycles. The molecular formula is C12Cl3F25Si.